The number of hydrogen-bond donors (Lipinski definition) is 1. The smallest absolute Gasteiger partial charge is 0.254 e. The number of aryl methyl sites for hydroxylation is 1. The van der Waals surface area contributed by atoms with E-state index in [1.54, 1.807) is 0 Å². The minimum absolute atomic E-state index is 0. The highest BCUT2D eigenvalue weighted by Crippen LogP contribution is 2.24. The van der Waals surface area contributed by atoms with Gasteiger partial charge in [0.05, 0.1) is 0 Å². The second kappa shape index (κ2) is 9.76. The van der Waals surface area contributed by atoms with Crippen molar-refractivity contribution in [2.75, 3.05) is 44.6 Å². The standard InChI is InChI=1S/C22H25N3O3.ClH/c26-21-9-8-17-6-7-18(16-20(17)23-21)22(27)25-12-10-24(11-13-25)14-15-28-19-4-2-1-3-5-19;/h1-7,16H,8-15H2,(H,23,26);1H. The molecule has 2 aliphatic heterocycles. The van der Waals surface area contributed by atoms with Crippen LogP contribution in [0.3, 0.4) is 0 Å². The SMILES string of the molecule is Cl.O=C1CCc2ccc(C(=O)N3CCN(CCOc4ccccc4)CC3)cc2N1. The third-order valence-corrected chi connectivity index (χ3v) is 5.33. The number of para-hydroxylation sites is 1. The molecule has 0 unspecified atom stereocenters. The molecule has 2 aromatic carbocycles. The fourth-order valence-electron chi connectivity index (χ4n) is 3.67. The highest BCUT2D eigenvalue weighted by molar-refractivity contribution is 5.99. The van der Waals surface area contributed by atoms with Crippen molar-refractivity contribution >= 4 is 29.9 Å². The molecule has 2 amide bonds. The van der Waals surface area contributed by atoms with Crippen LogP contribution in [-0.2, 0) is 11.2 Å². The number of hydrogen-bond acceptors (Lipinski definition) is 4. The van der Waals surface area contributed by atoms with Gasteiger partial charge in [0, 0.05) is 50.4 Å². The summed E-state index contributed by atoms with van der Waals surface area (Å²) in [7, 11) is 0. The van der Waals surface area contributed by atoms with Crippen molar-refractivity contribution in [3.63, 3.8) is 0 Å². The van der Waals surface area contributed by atoms with E-state index in [1.165, 1.54) is 0 Å². The number of benzene rings is 2. The number of carbonyl (C=O) groups excluding carboxylic acids is 2. The number of fused-ring (bicyclic) bond motifs is 1. The predicted molar refractivity (Wildman–Crippen MR) is 115 cm³/mol. The number of anilines is 1. The number of ether oxygens (including phenoxy) is 1. The largest absolute Gasteiger partial charge is 0.492 e. The van der Waals surface area contributed by atoms with Gasteiger partial charge in [-0.25, -0.2) is 0 Å². The van der Waals surface area contributed by atoms with Crippen molar-refractivity contribution in [1.29, 1.82) is 0 Å². The summed E-state index contributed by atoms with van der Waals surface area (Å²) in [6.07, 6.45) is 1.25. The monoisotopic (exact) mass is 415 g/mol. The molecule has 0 bridgehead atoms. The van der Waals surface area contributed by atoms with Crippen molar-refractivity contribution in [2.24, 2.45) is 0 Å². The average molecular weight is 416 g/mol. The van der Waals surface area contributed by atoms with Crippen LogP contribution in [0.1, 0.15) is 22.3 Å². The fraction of sp³-hybridized carbons (Fsp3) is 0.364. The Hall–Kier alpha value is -2.57. The third kappa shape index (κ3) is 5.28. The second-order valence-electron chi connectivity index (χ2n) is 7.22. The van der Waals surface area contributed by atoms with Gasteiger partial charge in [0.1, 0.15) is 12.4 Å². The Bertz CT molecular complexity index is 852. The van der Waals surface area contributed by atoms with Crippen LogP contribution in [0.2, 0.25) is 0 Å². The molecule has 6 nitrogen and oxygen atoms in total. The van der Waals surface area contributed by atoms with Crippen LogP contribution in [0.4, 0.5) is 5.69 Å². The molecule has 1 N–H and O–H groups in total. The number of rotatable bonds is 5. The van der Waals surface area contributed by atoms with E-state index in [-0.39, 0.29) is 24.2 Å². The summed E-state index contributed by atoms with van der Waals surface area (Å²) >= 11 is 0. The molecule has 1 saturated heterocycles. The third-order valence-electron chi connectivity index (χ3n) is 5.33. The molecule has 29 heavy (non-hydrogen) atoms. The van der Waals surface area contributed by atoms with Crippen LogP contribution in [0, 0.1) is 0 Å². The number of halogens is 1. The van der Waals surface area contributed by atoms with E-state index >= 15 is 0 Å². The molecule has 7 heteroatoms. The first-order chi connectivity index (χ1) is 13.7. The molecule has 1 fully saturated rings. The summed E-state index contributed by atoms with van der Waals surface area (Å²) in [6.45, 7) is 4.57. The molecule has 0 radical (unpaired) electrons. The Morgan fingerprint density at radius 3 is 2.52 bits per heavy atom. The molecule has 2 heterocycles. The van der Waals surface area contributed by atoms with Crippen LogP contribution in [0.5, 0.6) is 5.75 Å². The normalized spacial score (nSPS) is 16.4. The highest BCUT2D eigenvalue weighted by atomic mass is 35.5. The molecule has 0 aliphatic carbocycles. The quantitative estimate of drug-likeness (QED) is 0.815. The Morgan fingerprint density at radius 1 is 1.00 bits per heavy atom. The van der Waals surface area contributed by atoms with Crippen LogP contribution < -0.4 is 10.1 Å². The topological polar surface area (TPSA) is 61.9 Å². The van der Waals surface area contributed by atoms with E-state index in [1.807, 2.05) is 53.4 Å². The number of amides is 2. The predicted octanol–water partition coefficient (Wildman–Crippen LogP) is 2.83. The summed E-state index contributed by atoms with van der Waals surface area (Å²) < 4.78 is 5.76. The number of nitrogens with one attached hydrogen (secondary N) is 1. The summed E-state index contributed by atoms with van der Waals surface area (Å²) in [4.78, 5) is 28.7. The lowest BCUT2D eigenvalue weighted by molar-refractivity contribution is -0.116. The molecule has 0 aromatic heterocycles. The van der Waals surface area contributed by atoms with Gasteiger partial charge in [-0.2, -0.15) is 0 Å². The maximum absolute atomic E-state index is 12.8. The molecule has 2 aromatic rings. The molecular formula is C22H26ClN3O3. The molecular weight excluding hydrogens is 390 g/mol. The maximum atomic E-state index is 12.8. The van der Waals surface area contributed by atoms with Gasteiger partial charge in [-0.15, -0.1) is 12.4 Å². The Morgan fingerprint density at radius 2 is 1.76 bits per heavy atom. The number of nitrogens with zero attached hydrogens (tertiary/aromatic N) is 2. The number of carbonyl (C=O) groups is 2. The lowest BCUT2D eigenvalue weighted by Crippen LogP contribution is -2.49. The van der Waals surface area contributed by atoms with Gasteiger partial charge in [0.25, 0.3) is 5.91 Å². The zero-order valence-electron chi connectivity index (χ0n) is 16.3. The van der Waals surface area contributed by atoms with Gasteiger partial charge in [-0.1, -0.05) is 24.3 Å². The molecule has 2 aliphatic rings. The van der Waals surface area contributed by atoms with Crippen molar-refractivity contribution < 1.29 is 14.3 Å². The van der Waals surface area contributed by atoms with E-state index in [2.05, 4.69) is 10.2 Å². The van der Waals surface area contributed by atoms with E-state index < -0.39 is 0 Å². The van der Waals surface area contributed by atoms with Crippen LogP contribution in [0.25, 0.3) is 0 Å². The molecule has 0 atom stereocenters. The first-order valence-electron chi connectivity index (χ1n) is 9.81. The Labute approximate surface area is 177 Å². The van der Waals surface area contributed by atoms with Gasteiger partial charge in [0.2, 0.25) is 5.91 Å². The highest BCUT2D eigenvalue weighted by Gasteiger charge is 2.23. The van der Waals surface area contributed by atoms with Crippen LogP contribution in [0.15, 0.2) is 48.5 Å². The summed E-state index contributed by atoms with van der Waals surface area (Å²) in [5.41, 5.74) is 2.51. The average Bonchev–Trinajstić information content (AvgIpc) is 2.74. The lowest BCUT2D eigenvalue weighted by Gasteiger charge is -2.34. The van der Waals surface area contributed by atoms with E-state index in [4.69, 9.17) is 4.74 Å². The van der Waals surface area contributed by atoms with Gasteiger partial charge >= 0.3 is 0 Å². The molecule has 154 valence electrons. The van der Waals surface area contributed by atoms with Gasteiger partial charge in [-0.3, -0.25) is 14.5 Å². The summed E-state index contributed by atoms with van der Waals surface area (Å²) in [6, 6.07) is 15.5. The number of piperazine rings is 1. The Kier molecular flexibility index (Phi) is 7.12. The van der Waals surface area contributed by atoms with E-state index in [0.29, 0.717) is 31.7 Å². The van der Waals surface area contributed by atoms with Crippen LogP contribution >= 0.6 is 12.4 Å². The minimum atomic E-state index is 0. The molecule has 4 rings (SSSR count). The first kappa shape index (κ1) is 21.1. The van der Waals surface area contributed by atoms with Crippen molar-refractivity contribution in [2.45, 2.75) is 12.8 Å². The van der Waals surface area contributed by atoms with Crippen molar-refractivity contribution in [1.82, 2.24) is 9.80 Å². The van der Waals surface area contributed by atoms with Gasteiger partial charge in [0.15, 0.2) is 0 Å². The minimum Gasteiger partial charge on any atom is -0.492 e. The lowest BCUT2D eigenvalue weighted by atomic mass is 10.0. The molecule has 0 saturated carbocycles. The van der Waals surface area contributed by atoms with Gasteiger partial charge < -0.3 is 15.0 Å². The first-order valence-corrected chi connectivity index (χ1v) is 9.81. The maximum Gasteiger partial charge on any atom is 0.254 e. The van der Waals surface area contributed by atoms with Crippen molar-refractivity contribution in [3.05, 3.63) is 59.7 Å². The zero-order valence-corrected chi connectivity index (χ0v) is 17.1. The Balaban J connectivity index is 0.00000240. The van der Waals surface area contributed by atoms with E-state index in [9.17, 15) is 9.59 Å². The van der Waals surface area contributed by atoms with Crippen molar-refractivity contribution in [3.8, 4) is 5.75 Å². The fourth-order valence-corrected chi connectivity index (χ4v) is 3.67. The van der Waals surface area contributed by atoms with E-state index in [0.717, 1.165) is 43.1 Å². The summed E-state index contributed by atoms with van der Waals surface area (Å²) in [5.74, 6) is 0.932. The zero-order chi connectivity index (χ0) is 19.3. The molecule has 0 spiro atoms. The van der Waals surface area contributed by atoms with Gasteiger partial charge in [-0.05, 0) is 36.2 Å². The summed E-state index contributed by atoms with van der Waals surface area (Å²) in [5, 5.41) is 2.87. The second-order valence-corrected chi connectivity index (χ2v) is 7.22. The van der Waals surface area contributed by atoms with Crippen LogP contribution in [-0.4, -0.2) is 60.9 Å².